The molecule has 2 aromatic rings. The van der Waals surface area contributed by atoms with E-state index in [2.05, 4.69) is 16.0 Å². The van der Waals surface area contributed by atoms with Gasteiger partial charge in [-0.2, -0.15) is 0 Å². The van der Waals surface area contributed by atoms with E-state index in [0.717, 1.165) is 30.8 Å². The van der Waals surface area contributed by atoms with Gasteiger partial charge in [-0.3, -0.25) is 9.59 Å². The van der Waals surface area contributed by atoms with Crippen molar-refractivity contribution in [2.45, 2.75) is 19.4 Å². The molecule has 0 spiro atoms. The number of piperidine rings is 1. The molecule has 1 fully saturated rings. The first-order valence-corrected chi connectivity index (χ1v) is 9.51. The maximum absolute atomic E-state index is 12.4. The largest absolute Gasteiger partial charge is 0.347 e. The van der Waals surface area contributed by atoms with Gasteiger partial charge in [0, 0.05) is 16.5 Å². The van der Waals surface area contributed by atoms with Crippen molar-refractivity contribution in [2.75, 3.05) is 18.4 Å². The highest BCUT2D eigenvalue weighted by Gasteiger charge is 2.21. The highest BCUT2D eigenvalue weighted by atomic mass is 35.5. The quantitative estimate of drug-likeness (QED) is 0.699. The molecule has 0 aliphatic carbocycles. The Morgan fingerprint density at radius 3 is 2.69 bits per heavy atom. The molecule has 140 valence electrons. The van der Waals surface area contributed by atoms with Crippen molar-refractivity contribution < 1.29 is 9.59 Å². The first-order chi connectivity index (χ1) is 12.1. The van der Waals surface area contributed by atoms with Gasteiger partial charge in [0.1, 0.15) is 0 Å². The average Bonchev–Trinajstić information content (AvgIpc) is 3.15. The van der Waals surface area contributed by atoms with E-state index in [1.54, 1.807) is 29.5 Å². The van der Waals surface area contributed by atoms with Crippen LogP contribution in [0, 0.1) is 5.92 Å². The number of carbonyl (C=O) groups is 2. The topological polar surface area (TPSA) is 70.2 Å². The Morgan fingerprint density at radius 2 is 2.00 bits per heavy atom. The van der Waals surface area contributed by atoms with Crippen LogP contribution >= 0.6 is 35.3 Å². The molecule has 2 amide bonds. The van der Waals surface area contributed by atoms with Crippen molar-refractivity contribution in [1.82, 2.24) is 10.6 Å². The summed E-state index contributed by atoms with van der Waals surface area (Å²) >= 11 is 7.74. The third-order valence-electron chi connectivity index (χ3n) is 4.19. The van der Waals surface area contributed by atoms with Crippen LogP contribution in [0.4, 0.5) is 5.69 Å². The lowest BCUT2D eigenvalue weighted by Crippen LogP contribution is -2.34. The van der Waals surface area contributed by atoms with Gasteiger partial charge in [-0.05, 0) is 55.6 Å². The second-order valence-corrected chi connectivity index (χ2v) is 7.41. The minimum Gasteiger partial charge on any atom is -0.347 e. The summed E-state index contributed by atoms with van der Waals surface area (Å²) < 4.78 is 0. The molecule has 1 aromatic heterocycles. The molecule has 0 radical (unpaired) electrons. The van der Waals surface area contributed by atoms with Gasteiger partial charge in [0.2, 0.25) is 5.91 Å². The Bertz CT molecular complexity index is 747. The van der Waals surface area contributed by atoms with Crippen LogP contribution in [0.25, 0.3) is 0 Å². The van der Waals surface area contributed by atoms with E-state index in [9.17, 15) is 9.59 Å². The Labute approximate surface area is 167 Å². The summed E-state index contributed by atoms with van der Waals surface area (Å²) in [6, 6.07) is 8.89. The summed E-state index contributed by atoms with van der Waals surface area (Å²) in [6.07, 6.45) is 1.65. The Morgan fingerprint density at radius 1 is 1.23 bits per heavy atom. The molecule has 1 saturated heterocycles. The van der Waals surface area contributed by atoms with E-state index in [0.29, 0.717) is 22.8 Å². The summed E-state index contributed by atoms with van der Waals surface area (Å²) in [6.45, 7) is 2.17. The van der Waals surface area contributed by atoms with Crippen LogP contribution in [0.15, 0.2) is 35.7 Å². The van der Waals surface area contributed by atoms with Crippen molar-refractivity contribution in [3.8, 4) is 0 Å². The molecule has 5 nitrogen and oxygen atoms in total. The van der Waals surface area contributed by atoms with Gasteiger partial charge in [-0.1, -0.05) is 17.7 Å². The van der Waals surface area contributed by atoms with Crippen LogP contribution in [0.1, 0.15) is 28.1 Å². The summed E-state index contributed by atoms with van der Waals surface area (Å²) in [7, 11) is 0. The molecule has 26 heavy (non-hydrogen) atoms. The maximum Gasteiger partial charge on any atom is 0.253 e. The number of anilines is 1. The van der Waals surface area contributed by atoms with Gasteiger partial charge in [0.15, 0.2) is 0 Å². The van der Waals surface area contributed by atoms with Crippen LogP contribution < -0.4 is 16.0 Å². The number of nitrogens with one attached hydrogen (secondary N) is 3. The zero-order valence-corrected chi connectivity index (χ0v) is 16.5. The number of carbonyl (C=O) groups excluding carboxylic acids is 2. The Balaban J connectivity index is 0.00000243. The van der Waals surface area contributed by atoms with Gasteiger partial charge >= 0.3 is 0 Å². The molecule has 3 N–H and O–H groups in total. The van der Waals surface area contributed by atoms with Crippen molar-refractivity contribution in [1.29, 1.82) is 0 Å². The SMILES string of the molecule is Cl.O=C(NCc1cccs1)c1cc(NC(=O)C2CCNCC2)ccc1Cl. The van der Waals surface area contributed by atoms with Gasteiger partial charge in [0.05, 0.1) is 17.1 Å². The van der Waals surface area contributed by atoms with Gasteiger partial charge in [0.25, 0.3) is 5.91 Å². The average molecular weight is 414 g/mol. The highest BCUT2D eigenvalue weighted by molar-refractivity contribution is 7.09. The fraction of sp³-hybridized carbons (Fsp3) is 0.333. The molecule has 0 bridgehead atoms. The molecule has 0 unspecified atom stereocenters. The molecule has 8 heteroatoms. The molecule has 3 rings (SSSR count). The van der Waals surface area contributed by atoms with E-state index in [-0.39, 0.29) is 30.1 Å². The predicted molar refractivity (Wildman–Crippen MR) is 108 cm³/mol. The highest BCUT2D eigenvalue weighted by Crippen LogP contribution is 2.22. The first-order valence-electron chi connectivity index (χ1n) is 8.25. The fourth-order valence-electron chi connectivity index (χ4n) is 2.78. The number of benzene rings is 1. The zero-order chi connectivity index (χ0) is 17.6. The number of rotatable bonds is 5. The second-order valence-electron chi connectivity index (χ2n) is 5.97. The third-order valence-corrected chi connectivity index (χ3v) is 5.40. The minimum absolute atomic E-state index is 0. The molecule has 0 atom stereocenters. The summed E-state index contributed by atoms with van der Waals surface area (Å²) in [4.78, 5) is 25.8. The number of amides is 2. The minimum atomic E-state index is -0.253. The lowest BCUT2D eigenvalue weighted by atomic mass is 9.97. The summed E-state index contributed by atoms with van der Waals surface area (Å²) in [5, 5.41) is 11.3. The van der Waals surface area contributed by atoms with Gasteiger partial charge < -0.3 is 16.0 Å². The number of halogens is 2. The third kappa shape index (κ3) is 5.45. The molecular formula is C18H21Cl2N3O2S. The van der Waals surface area contributed by atoms with Crippen molar-refractivity contribution >= 4 is 52.8 Å². The Kier molecular flexibility index (Phi) is 7.90. The lowest BCUT2D eigenvalue weighted by Gasteiger charge is -2.22. The normalized spacial score (nSPS) is 14.3. The molecule has 1 aromatic carbocycles. The van der Waals surface area contributed by atoms with E-state index in [1.807, 2.05) is 17.5 Å². The second kappa shape index (κ2) is 9.92. The van der Waals surface area contributed by atoms with Crippen LogP contribution in [-0.2, 0) is 11.3 Å². The standard InChI is InChI=1S/C18H20ClN3O2S.ClH/c19-16-4-3-13(22-17(23)12-5-7-20-8-6-12)10-15(16)18(24)21-11-14-2-1-9-25-14;/h1-4,9-10,12,20H,5-8,11H2,(H,21,24)(H,22,23);1H. The van der Waals surface area contributed by atoms with Crippen LogP contribution in [-0.4, -0.2) is 24.9 Å². The molecule has 1 aliphatic rings. The zero-order valence-electron chi connectivity index (χ0n) is 14.1. The summed E-state index contributed by atoms with van der Waals surface area (Å²) in [5.41, 5.74) is 0.954. The predicted octanol–water partition coefficient (Wildman–Crippen LogP) is 3.69. The monoisotopic (exact) mass is 413 g/mol. The molecule has 2 heterocycles. The van der Waals surface area contributed by atoms with Crippen LogP contribution in [0.5, 0.6) is 0 Å². The maximum atomic E-state index is 12.4. The van der Waals surface area contributed by atoms with Gasteiger partial charge in [-0.25, -0.2) is 0 Å². The van der Waals surface area contributed by atoms with Crippen molar-refractivity contribution in [3.63, 3.8) is 0 Å². The molecular weight excluding hydrogens is 393 g/mol. The van der Waals surface area contributed by atoms with Crippen molar-refractivity contribution in [2.24, 2.45) is 5.92 Å². The number of hydrogen-bond donors (Lipinski definition) is 3. The van der Waals surface area contributed by atoms with E-state index >= 15 is 0 Å². The fourth-order valence-corrected chi connectivity index (χ4v) is 3.63. The Hall–Kier alpha value is -1.60. The molecule has 0 saturated carbocycles. The van der Waals surface area contributed by atoms with E-state index < -0.39 is 0 Å². The van der Waals surface area contributed by atoms with Gasteiger partial charge in [-0.15, -0.1) is 23.7 Å². The van der Waals surface area contributed by atoms with Crippen molar-refractivity contribution in [3.05, 3.63) is 51.2 Å². The van der Waals surface area contributed by atoms with E-state index in [1.165, 1.54) is 0 Å². The summed E-state index contributed by atoms with van der Waals surface area (Å²) in [5.74, 6) is -0.252. The molecule has 1 aliphatic heterocycles. The number of hydrogen-bond acceptors (Lipinski definition) is 4. The number of thiophene rings is 1. The van der Waals surface area contributed by atoms with Crippen LogP contribution in [0.2, 0.25) is 5.02 Å². The smallest absolute Gasteiger partial charge is 0.253 e. The lowest BCUT2D eigenvalue weighted by molar-refractivity contribution is -0.120. The first kappa shape index (κ1) is 20.7. The van der Waals surface area contributed by atoms with Crippen LogP contribution in [0.3, 0.4) is 0 Å². The van der Waals surface area contributed by atoms with E-state index in [4.69, 9.17) is 11.6 Å².